The molecule has 2 atom stereocenters. The molecule has 3 rings (SSSR count). The summed E-state index contributed by atoms with van der Waals surface area (Å²) in [5, 5.41) is 8.22. The minimum absolute atomic E-state index is 0.443. The van der Waals surface area contributed by atoms with Crippen molar-refractivity contribution in [2.24, 2.45) is 5.92 Å². The molecular formula is C15H22N4. The van der Waals surface area contributed by atoms with Gasteiger partial charge < -0.3 is 5.32 Å². The molecule has 0 bridgehead atoms. The van der Waals surface area contributed by atoms with Crippen LogP contribution in [0, 0.1) is 5.92 Å². The highest BCUT2D eigenvalue weighted by Gasteiger charge is 2.24. The highest BCUT2D eigenvalue weighted by molar-refractivity contribution is 5.68. The maximum atomic E-state index is 4.60. The van der Waals surface area contributed by atoms with Crippen molar-refractivity contribution >= 4 is 11.3 Å². The average Bonchev–Trinajstić information content (AvgIpc) is 2.97. The number of nitrogens with zero attached hydrogens (tertiary/aromatic N) is 3. The third-order valence-electron chi connectivity index (χ3n) is 4.18. The van der Waals surface area contributed by atoms with Gasteiger partial charge in [-0.1, -0.05) is 27.2 Å². The van der Waals surface area contributed by atoms with E-state index >= 15 is 0 Å². The smallest absolute Gasteiger partial charge is 0.152 e. The van der Waals surface area contributed by atoms with Gasteiger partial charge in [0, 0.05) is 18.4 Å². The number of anilines is 1. The van der Waals surface area contributed by atoms with E-state index < -0.39 is 0 Å². The molecule has 1 aliphatic carbocycles. The summed E-state index contributed by atoms with van der Waals surface area (Å²) in [4.78, 5) is 4.51. The maximum Gasteiger partial charge on any atom is 0.152 e. The molecule has 0 amide bonds. The minimum Gasteiger partial charge on any atom is -0.365 e. The van der Waals surface area contributed by atoms with Crippen LogP contribution >= 0.6 is 0 Å². The summed E-state index contributed by atoms with van der Waals surface area (Å²) in [6.45, 7) is 6.66. The van der Waals surface area contributed by atoms with Crippen LogP contribution in [0.5, 0.6) is 0 Å². The van der Waals surface area contributed by atoms with Crippen LogP contribution in [0.25, 0.3) is 5.52 Å². The lowest BCUT2D eigenvalue weighted by atomic mass is 10.1. The van der Waals surface area contributed by atoms with E-state index in [-0.39, 0.29) is 0 Å². The third-order valence-corrected chi connectivity index (χ3v) is 4.18. The van der Waals surface area contributed by atoms with Crippen LogP contribution in [-0.4, -0.2) is 20.6 Å². The number of rotatable bonds is 3. The second-order valence-electron chi connectivity index (χ2n) is 5.99. The first-order chi connectivity index (χ1) is 9.15. The lowest BCUT2D eigenvalue weighted by molar-refractivity contribution is 0.555. The van der Waals surface area contributed by atoms with E-state index in [1.165, 1.54) is 19.3 Å². The van der Waals surface area contributed by atoms with Crippen LogP contribution in [-0.2, 0) is 0 Å². The van der Waals surface area contributed by atoms with Gasteiger partial charge in [-0.2, -0.15) is 5.10 Å². The summed E-state index contributed by atoms with van der Waals surface area (Å²) in [5.74, 6) is 2.15. The van der Waals surface area contributed by atoms with Crippen molar-refractivity contribution in [2.45, 2.75) is 52.0 Å². The maximum absolute atomic E-state index is 4.60. The van der Waals surface area contributed by atoms with Crippen molar-refractivity contribution in [2.75, 3.05) is 5.32 Å². The Labute approximate surface area is 114 Å². The number of nitrogens with one attached hydrogen (secondary N) is 1. The second kappa shape index (κ2) is 4.83. The van der Waals surface area contributed by atoms with Gasteiger partial charge in [-0.15, -0.1) is 0 Å². The number of hydrogen-bond donors (Lipinski definition) is 1. The van der Waals surface area contributed by atoms with E-state index in [2.05, 4.69) is 42.2 Å². The number of aromatic nitrogens is 3. The Kier molecular flexibility index (Phi) is 3.17. The quantitative estimate of drug-likeness (QED) is 0.916. The molecule has 1 aliphatic rings. The SMILES string of the molecule is CC(C)c1cc2c(NC3CCCC3C)nccn2n1. The highest BCUT2D eigenvalue weighted by Crippen LogP contribution is 2.29. The lowest BCUT2D eigenvalue weighted by Gasteiger charge is -2.18. The molecule has 0 aromatic carbocycles. The fourth-order valence-electron chi connectivity index (χ4n) is 2.87. The van der Waals surface area contributed by atoms with Gasteiger partial charge in [0.25, 0.3) is 0 Å². The van der Waals surface area contributed by atoms with Crippen molar-refractivity contribution < 1.29 is 0 Å². The van der Waals surface area contributed by atoms with Gasteiger partial charge in [-0.05, 0) is 30.7 Å². The Morgan fingerprint density at radius 1 is 1.37 bits per heavy atom. The minimum atomic E-state index is 0.443. The zero-order valence-electron chi connectivity index (χ0n) is 11.9. The first-order valence-electron chi connectivity index (χ1n) is 7.26. The largest absolute Gasteiger partial charge is 0.365 e. The fourth-order valence-corrected chi connectivity index (χ4v) is 2.87. The van der Waals surface area contributed by atoms with Gasteiger partial charge in [0.05, 0.1) is 5.69 Å². The molecule has 102 valence electrons. The topological polar surface area (TPSA) is 42.2 Å². The molecule has 2 aromatic rings. The van der Waals surface area contributed by atoms with E-state index in [9.17, 15) is 0 Å². The standard InChI is InChI=1S/C15H22N4/c1-10(2)13-9-14-15(16-7-8-19(14)18-13)17-12-6-4-5-11(12)3/h7-12H,4-6H2,1-3H3,(H,16,17). The van der Waals surface area contributed by atoms with E-state index in [1.807, 2.05) is 16.9 Å². The zero-order chi connectivity index (χ0) is 13.4. The van der Waals surface area contributed by atoms with Gasteiger partial charge in [0.2, 0.25) is 0 Å². The van der Waals surface area contributed by atoms with Gasteiger partial charge in [0.15, 0.2) is 5.82 Å². The molecule has 0 radical (unpaired) electrons. The molecule has 0 spiro atoms. The van der Waals surface area contributed by atoms with E-state index in [1.54, 1.807) is 0 Å². The van der Waals surface area contributed by atoms with Gasteiger partial charge in [0.1, 0.15) is 5.52 Å². The summed E-state index contributed by atoms with van der Waals surface area (Å²) in [5.41, 5.74) is 2.21. The monoisotopic (exact) mass is 258 g/mol. The molecule has 0 saturated heterocycles. The van der Waals surface area contributed by atoms with Crippen molar-refractivity contribution in [1.82, 2.24) is 14.6 Å². The van der Waals surface area contributed by atoms with Crippen LogP contribution in [0.3, 0.4) is 0 Å². The summed E-state index contributed by atoms with van der Waals surface area (Å²) in [6.07, 6.45) is 7.63. The first kappa shape index (κ1) is 12.5. The summed E-state index contributed by atoms with van der Waals surface area (Å²) < 4.78 is 1.93. The van der Waals surface area contributed by atoms with E-state index in [0.29, 0.717) is 12.0 Å². The molecule has 2 heterocycles. The Balaban J connectivity index is 1.94. The van der Waals surface area contributed by atoms with Crippen LogP contribution in [0.15, 0.2) is 18.5 Å². The molecule has 4 nitrogen and oxygen atoms in total. The summed E-state index contributed by atoms with van der Waals surface area (Å²) in [6, 6.07) is 2.70. The van der Waals surface area contributed by atoms with Crippen molar-refractivity contribution in [1.29, 1.82) is 0 Å². The molecule has 1 fully saturated rings. The predicted molar refractivity (Wildman–Crippen MR) is 77.5 cm³/mol. The second-order valence-corrected chi connectivity index (χ2v) is 5.99. The molecule has 2 aromatic heterocycles. The van der Waals surface area contributed by atoms with Gasteiger partial charge in [-0.25, -0.2) is 9.50 Å². The van der Waals surface area contributed by atoms with Crippen molar-refractivity contribution in [3.63, 3.8) is 0 Å². The number of hydrogen-bond acceptors (Lipinski definition) is 3. The summed E-state index contributed by atoms with van der Waals surface area (Å²) >= 11 is 0. The summed E-state index contributed by atoms with van der Waals surface area (Å²) in [7, 11) is 0. The Bertz CT molecular complexity index is 573. The van der Waals surface area contributed by atoms with Gasteiger partial charge in [-0.3, -0.25) is 0 Å². The Hall–Kier alpha value is -1.58. The van der Waals surface area contributed by atoms with Gasteiger partial charge >= 0.3 is 0 Å². The van der Waals surface area contributed by atoms with Crippen LogP contribution in [0.4, 0.5) is 5.82 Å². The molecule has 4 heteroatoms. The van der Waals surface area contributed by atoms with Crippen molar-refractivity contribution in [3.8, 4) is 0 Å². The lowest BCUT2D eigenvalue weighted by Crippen LogP contribution is -2.22. The molecule has 19 heavy (non-hydrogen) atoms. The van der Waals surface area contributed by atoms with E-state index in [4.69, 9.17) is 0 Å². The zero-order valence-corrected chi connectivity index (χ0v) is 11.9. The average molecular weight is 258 g/mol. The fraction of sp³-hybridized carbons (Fsp3) is 0.600. The van der Waals surface area contributed by atoms with Crippen LogP contribution < -0.4 is 5.32 Å². The molecule has 2 unspecified atom stereocenters. The van der Waals surface area contributed by atoms with Crippen molar-refractivity contribution in [3.05, 3.63) is 24.2 Å². The third kappa shape index (κ3) is 2.31. The Morgan fingerprint density at radius 3 is 2.89 bits per heavy atom. The number of fused-ring (bicyclic) bond motifs is 1. The molecule has 0 aliphatic heterocycles. The molecule has 1 saturated carbocycles. The predicted octanol–water partition coefficient (Wildman–Crippen LogP) is 3.45. The van der Waals surface area contributed by atoms with Crippen LogP contribution in [0.2, 0.25) is 0 Å². The van der Waals surface area contributed by atoms with E-state index in [0.717, 1.165) is 22.9 Å². The van der Waals surface area contributed by atoms with Crippen LogP contribution in [0.1, 0.15) is 51.6 Å². The first-order valence-corrected chi connectivity index (χ1v) is 7.26. The normalized spacial score (nSPS) is 23.4. The molecule has 1 N–H and O–H groups in total. The molecular weight excluding hydrogens is 236 g/mol. The Morgan fingerprint density at radius 2 is 2.21 bits per heavy atom. The highest BCUT2D eigenvalue weighted by atomic mass is 15.2.